The largest absolute Gasteiger partial charge is 0.369 e. The fraction of sp³-hybridized carbons (Fsp3) is 0. The first-order valence-electron chi connectivity index (χ1n) is 2.29. The van der Waals surface area contributed by atoms with E-state index in [4.69, 9.17) is 11.5 Å². The van der Waals surface area contributed by atoms with Crippen molar-refractivity contribution in [2.24, 2.45) is 27.4 Å². The molecule has 0 bridgehead atoms. The lowest BCUT2D eigenvalue weighted by atomic mass is 11.0. The molecular weight excluding hydrogens is 172 g/mol. The Hall–Kier alpha value is -1.50. The molecular formula is C3H9ClN6O. The van der Waals surface area contributed by atoms with Gasteiger partial charge in [0.1, 0.15) is 6.34 Å². The molecule has 0 aliphatic carbocycles. The molecule has 2 amide bonds. The predicted octanol–water partition coefficient (Wildman–Crippen LogP) is -1.71. The fourth-order valence-electron chi connectivity index (χ4n) is 0.188. The van der Waals surface area contributed by atoms with Crippen LogP contribution in [-0.4, -0.2) is 18.3 Å². The maximum Gasteiger partial charge on any atom is 0.317 e. The van der Waals surface area contributed by atoms with Gasteiger partial charge in [-0.3, -0.25) is 5.32 Å². The van der Waals surface area contributed by atoms with Gasteiger partial charge in [0.05, 0.1) is 0 Å². The van der Waals surface area contributed by atoms with E-state index in [1.54, 1.807) is 0 Å². The van der Waals surface area contributed by atoms with Gasteiger partial charge in [-0.05, 0) is 0 Å². The van der Waals surface area contributed by atoms with Crippen LogP contribution in [0.4, 0.5) is 4.79 Å². The first-order chi connectivity index (χ1) is 4.63. The van der Waals surface area contributed by atoms with E-state index in [0.29, 0.717) is 0 Å². The molecule has 0 saturated carbocycles. The average Bonchev–Trinajstić information content (AvgIpc) is 1.79. The minimum atomic E-state index is -0.727. The summed E-state index contributed by atoms with van der Waals surface area (Å²) in [5.74, 6) is -0.192. The summed E-state index contributed by atoms with van der Waals surface area (Å²) in [7, 11) is 0. The van der Waals surface area contributed by atoms with E-state index < -0.39 is 6.03 Å². The van der Waals surface area contributed by atoms with Crippen LogP contribution in [0, 0.1) is 0 Å². The van der Waals surface area contributed by atoms with Gasteiger partial charge in [0.2, 0.25) is 5.96 Å². The molecule has 0 spiro atoms. The number of hydrogen-bond donors (Lipinski definition) is 4. The van der Waals surface area contributed by atoms with Crippen LogP contribution in [0.25, 0.3) is 0 Å². The summed E-state index contributed by atoms with van der Waals surface area (Å²) in [6.45, 7) is 0. The number of urea groups is 1. The monoisotopic (exact) mass is 180 g/mol. The zero-order chi connectivity index (χ0) is 7.98. The summed E-state index contributed by atoms with van der Waals surface area (Å²) in [5.41, 5.74) is 14.4. The number of halogens is 1. The van der Waals surface area contributed by atoms with Crippen LogP contribution in [0.15, 0.2) is 10.2 Å². The standard InChI is InChI=1S/C3H8N6O.ClH/c4-2(5)9-8-1-7-3(6)10;/h1H,(H4,4,5,9)(H3,6,7,8,10);1H. The number of carbonyl (C=O) groups excluding carboxylic acids is 1. The van der Waals surface area contributed by atoms with Crippen LogP contribution in [0.3, 0.4) is 0 Å². The lowest BCUT2D eigenvalue weighted by molar-refractivity contribution is 0.253. The van der Waals surface area contributed by atoms with Crippen molar-refractivity contribution >= 4 is 30.7 Å². The van der Waals surface area contributed by atoms with Gasteiger partial charge in [-0.2, -0.15) is 0 Å². The molecule has 0 radical (unpaired) electrons. The highest BCUT2D eigenvalue weighted by atomic mass is 35.5. The number of nitrogens with one attached hydrogen (secondary N) is 1. The van der Waals surface area contributed by atoms with Gasteiger partial charge in [-0.25, -0.2) is 4.79 Å². The van der Waals surface area contributed by atoms with Gasteiger partial charge in [-0.15, -0.1) is 22.6 Å². The zero-order valence-corrected chi connectivity index (χ0v) is 6.34. The van der Waals surface area contributed by atoms with Crippen molar-refractivity contribution in [3.05, 3.63) is 0 Å². The van der Waals surface area contributed by atoms with E-state index in [2.05, 4.69) is 15.9 Å². The van der Waals surface area contributed by atoms with E-state index in [1.165, 1.54) is 0 Å². The highest BCUT2D eigenvalue weighted by Crippen LogP contribution is 1.62. The number of primary amides is 1. The molecule has 8 heteroatoms. The van der Waals surface area contributed by atoms with Crippen molar-refractivity contribution < 1.29 is 4.79 Å². The second-order valence-corrected chi connectivity index (χ2v) is 1.28. The maximum atomic E-state index is 9.95. The van der Waals surface area contributed by atoms with Crippen LogP contribution < -0.4 is 22.5 Å². The topological polar surface area (TPSA) is 132 Å². The maximum absolute atomic E-state index is 9.95. The van der Waals surface area contributed by atoms with Crippen molar-refractivity contribution in [3.8, 4) is 0 Å². The van der Waals surface area contributed by atoms with Gasteiger partial charge < -0.3 is 17.2 Å². The highest BCUT2D eigenvalue weighted by molar-refractivity contribution is 5.85. The molecule has 0 aliphatic heterocycles. The van der Waals surface area contributed by atoms with E-state index in [0.717, 1.165) is 6.34 Å². The zero-order valence-electron chi connectivity index (χ0n) is 5.52. The smallest absolute Gasteiger partial charge is 0.317 e. The van der Waals surface area contributed by atoms with Crippen molar-refractivity contribution in [2.75, 3.05) is 0 Å². The summed E-state index contributed by atoms with van der Waals surface area (Å²) >= 11 is 0. The van der Waals surface area contributed by atoms with Gasteiger partial charge >= 0.3 is 6.03 Å². The molecule has 0 aromatic rings. The van der Waals surface area contributed by atoms with E-state index in [1.807, 2.05) is 5.32 Å². The van der Waals surface area contributed by atoms with Gasteiger partial charge in [-0.1, -0.05) is 0 Å². The number of nitrogens with two attached hydrogens (primary N) is 3. The second-order valence-electron chi connectivity index (χ2n) is 1.28. The molecule has 0 heterocycles. The van der Waals surface area contributed by atoms with Crippen LogP contribution in [0.5, 0.6) is 0 Å². The van der Waals surface area contributed by atoms with Crippen molar-refractivity contribution in [2.45, 2.75) is 0 Å². The number of nitrogens with zero attached hydrogens (tertiary/aromatic N) is 2. The molecule has 0 fully saturated rings. The van der Waals surface area contributed by atoms with E-state index >= 15 is 0 Å². The van der Waals surface area contributed by atoms with E-state index in [-0.39, 0.29) is 18.4 Å². The molecule has 0 atom stereocenters. The molecule has 0 rings (SSSR count). The fourth-order valence-corrected chi connectivity index (χ4v) is 0.188. The first-order valence-corrected chi connectivity index (χ1v) is 2.29. The van der Waals surface area contributed by atoms with Crippen molar-refractivity contribution in [1.29, 1.82) is 0 Å². The third kappa shape index (κ3) is 11.9. The normalized spacial score (nSPS) is 8.36. The predicted molar refractivity (Wildman–Crippen MR) is 44.3 cm³/mol. The molecule has 7 nitrogen and oxygen atoms in total. The first kappa shape index (κ1) is 12.2. The molecule has 0 aliphatic rings. The highest BCUT2D eigenvalue weighted by Gasteiger charge is 1.81. The summed E-state index contributed by atoms with van der Waals surface area (Å²) in [6.07, 6.45) is 0.974. The summed E-state index contributed by atoms with van der Waals surface area (Å²) in [4.78, 5) is 9.95. The van der Waals surface area contributed by atoms with Crippen LogP contribution in [-0.2, 0) is 0 Å². The van der Waals surface area contributed by atoms with Crippen LogP contribution in [0.2, 0.25) is 0 Å². The molecule has 0 unspecified atom stereocenters. The second kappa shape index (κ2) is 6.62. The summed E-state index contributed by atoms with van der Waals surface area (Å²) in [5, 5.41) is 8.41. The molecule has 7 N–H and O–H groups in total. The minimum Gasteiger partial charge on any atom is -0.369 e. The minimum absolute atomic E-state index is 0. The Bertz CT molecular complexity index is 173. The molecule has 64 valence electrons. The Labute approximate surface area is 69.1 Å². The SMILES string of the molecule is Cl.NC(=O)N/C=N/N=C(N)N. The molecule has 11 heavy (non-hydrogen) atoms. The molecule has 0 aromatic carbocycles. The number of carbonyl (C=O) groups is 1. The number of hydrogen-bond acceptors (Lipinski definition) is 3. The third-order valence-electron chi connectivity index (χ3n) is 0.438. The van der Waals surface area contributed by atoms with E-state index in [9.17, 15) is 4.79 Å². The van der Waals surface area contributed by atoms with Gasteiger partial charge in [0.15, 0.2) is 0 Å². The Morgan fingerprint density at radius 2 is 1.91 bits per heavy atom. The lowest BCUT2D eigenvalue weighted by Gasteiger charge is -1.86. The quantitative estimate of drug-likeness (QED) is 0.229. The average molecular weight is 181 g/mol. The van der Waals surface area contributed by atoms with Gasteiger partial charge in [0, 0.05) is 0 Å². The van der Waals surface area contributed by atoms with Crippen molar-refractivity contribution in [1.82, 2.24) is 5.32 Å². The summed E-state index contributed by atoms with van der Waals surface area (Å²) < 4.78 is 0. The van der Waals surface area contributed by atoms with Gasteiger partial charge in [0.25, 0.3) is 0 Å². The Balaban J connectivity index is 0. The lowest BCUT2D eigenvalue weighted by Crippen LogP contribution is -2.28. The van der Waals surface area contributed by atoms with Crippen LogP contribution in [0.1, 0.15) is 0 Å². The number of amides is 2. The molecule has 0 saturated heterocycles. The Morgan fingerprint density at radius 1 is 1.36 bits per heavy atom. The number of guanidine groups is 1. The molecule has 0 aromatic heterocycles. The Morgan fingerprint density at radius 3 is 2.27 bits per heavy atom. The van der Waals surface area contributed by atoms with Crippen LogP contribution >= 0.6 is 12.4 Å². The third-order valence-corrected chi connectivity index (χ3v) is 0.438. The van der Waals surface area contributed by atoms with Crippen molar-refractivity contribution in [3.63, 3.8) is 0 Å². The summed E-state index contributed by atoms with van der Waals surface area (Å²) in [6, 6.07) is -0.727. The number of rotatable bonds is 2. The Kier molecular flexibility index (Phi) is 7.34.